The maximum absolute atomic E-state index is 10.8. The van der Waals surface area contributed by atoms with E-state index in [1.807, 2.05) is 0 Å². The van der Waals surface area contributed by atoms with Crippen molar-refractivity contribution < 1.29 is 173 Å². The van der Waals surface area contributed by atoms with Gasteiger partial charge in [0.25, 0.3) is 0 Å². The number of carboxylic acids is 2. The van der Waals surface area contributed by atoms with Crippen molar-refractivity contribution in [3.05, 3.63) is 99.2 Å². The molecule has 0 unspecified atom stereocenters. The molecule has 2 aromatic heterocycles. The van der Waals surface area contributed by atoms with E-state index in [1.165, 1.54) is 0 Å². The Morgan fingerprint density at radius 3 is 1.09 bits per heavy atom. The summed E-state index contributed by atoms with van der Waals surface area (Å²) in [7, 11) is 0. The van der Waals surface area contributed by atoms with Gasteiger partial charge in [0.1, 0.15) is 38.2 Å². The summed E-state index contributed by atoms with van der Waals surface area (Å²) >= 11 is 0. The van der Waals surface area contributed by atoms with Crippen LogP contribution in [0.1, 0.15) is 11.4 Å². The number of hydrogen-bond donors (Lipinski definition) is 6. The molecule has 3 aromatic rings. The summed E-state index contributed by atoms with van der Waals surface area (Å²) in [5.41, 5.74) is 1.40. The third-order valence-electron chi connectivity index (χ3n) is 4.27. The number of nitrogens with zero attached hydrogens (tertiary/aromatic N) is 5. The molecule has 0 aliphatic heterocycles. The number of carbonyl (C=O) groups excluding carboxylic acids is 2. The van der Waals surface area contributed by atoms with E-state index in [0.29, 0.717) is 22.9 Å². The van der Waals surface area contributed by atoms with E-state index >= 15 is 0 Å². The first-order chi connectivity index (χ1) is 19.7. The van der Waals surface area contributed by atoms with Crippen LogP contribution in [0.3, 0.4) is 0 Å². The molecule has 0 atom stereocenters. The number of pyridine rings is 2. The molecule has 256 valence electrons. The molecule has 23 nitrogen and oxygen atoms in total. The van der Waals surface area contributed by atoms with E-state index in [-0.39, 0.29) is 114 Å². The zero-order valence-electron chi connectivity index (χ0n) is 24.1. The molecule has 0 aliphatic rings. The minimum Gasteiger partial charge on any atom is -0.870 e. The van der Waals surface area contributed by atoms with E-state index in [1.54, 1.807) is 82.2 Å². The molecule has 1 aromatic carbocycles. The fourth-order valence-corrected chi connectivity index (χ4v) is 2.82. The van der Waals surface area contributed by atoms with E-state index in [4.69, 9.17) is 55.4 Å². The van der Waals surface area contributed by atoms with E-state index in [9.17, 15) is 19.8 Å². The van der Waals surface area contributed by atoms with Crippen LogP contribution in [0, 0.1) is 85.9 Å². The maximum Gasteiger partial charge on any atom is 0.472 e. The van der Waals surface area contributed by atoms with E-state index < -0.39 is 27.2 Å². The molecule has 0 bridgehead atoms. The van der Waals surface area contributed by atoms with Gasteiger partial charge in [-0.15, -0.1) is 0 Å². The molecule has 13 N–H and O–H groups in total. The Morgan fingerprint density at radius 1 is 0.596 bits per heavy atom. The molecule has 0 saturated heterocycles. The Morgan fingerprint density at radius 2 is 0.851 bits per heavy atom. The maximum atomic E-state index is 10.8. The summed E-state index contributed by atoms with van der Waals surface area (Å²) in [6, 6.07) is 17.6. The summed E-state index contributed by atoms with van der Waals surface area (Å²) in [4.78, 5) is 47.1. The predicted molar refractivity (Wildman–Crippen MR) is 132 cm³/mol. The summed E-state index contributed by atoms with van der Waals surface area (Å²) in [5.74, 6) is -1.16. The Bertz CT molecular complexity index is 1210. The van der Waals surface area contributed by atoms with Gasteiger partial charge in [-0.25, -0.2) is 31.2 Å². The van der Waals surface area contributed by atoms with Crippen LogP contribution in [0.4, 0.5) is 0 Å². The predicted octanol–water partition coefficient (Wildman–Crippen LogP) is -4.47. The van der Waals surface area contributed by atoms with Gasteiger partial charge in [0.15, 0.2) is 38.7 Å². The molecule has 3 rings (SSSR count). The van der Waals surface area contributed by atoms with Gasteiger partial charge in [0.05, 0.1) is 0 Å². The van der Waals surface area contributed by atoms with Crippen molar-refractivity contribution in [2.75, 3.05) is 0 Å². The van der Waals surface area contributed by atoms with Crippen molar-refractivity contribution >= 4 is 11.9 Å². The number of benzene rings is 1. The van der Waals surface area contributed by atoms with Crippen LogP contribution in [0.5, 0.6) is 11.5 Å². The molecule has 0 saturated carbocycles. The summed E-state index contributed by atoms with van der Waals surface area (Å²) in [6.07, 6.45) is 3.31. The fraction of sp³-hybridized carbons (Fsp3) is 0.182. The first kappa shape index (κ1) is 55.3. The van der Waals surface area contributed by atoms with Crippen LogP contribution < -0.4 is 28.8 Å². The van der Waals surface area contributed by atoms with Gasteiger partial charge < -0.3 is 45.7 Å². The van der Waals surface area contributed by atoms with Gasteiger partial charge in [0.2, 0.25) is 11.4 Å². The first-order valence-corrected chi connectivity index (χ1v) is 11.0. The van der Waals surface area contributed by atoms with E-state index in [0.717, 1.165) is 0 Å². The quantitative estimate of drug-likeness (QED) is 0.0634. The van der Waals surface area contributed by atoms with Gasteiger partial charge in [-0.3, -0.25) is 0 Å². The molecule has 0 spiro atoms. The van der Waals surface area contributed by atoms with Crippen molar-refractivity contribution in [2.45, 2.75) is 26.3 Å². The Hall–Kier alpha value is -4.07. The molecule has 0 amide bonds. The Kier molecular flexibility index (Phi) is 37.6. The number of carboxylic acid groups (broad SMARTS) is 2. The third-order valence-corrected chi connectivity index (χ3v) is 4.27. The van der Waals surface area contributed by atoms with Crippen LogP contribution in [-0.4, -0.2) is 63.9 Å². The molecule has 0 aliphatic carbocycles. The van der Waals surface area contributed by atoms with Crippen LogP contribution in [-0.2, 0) is 46.8 Å². The van der Waals surface area contributed by atoms with Crippen molar-refractivity contribution in [3.8, 4) is 11.5 Å². The normalized spacial score (nSPS) is 8.17. The average Bonchev–Trinajstić information content (AvgIpc) is 2.87. The van der Waals surface area contributed by atoms with Gasteiger partial charge >= 0.3 is 15.3 Å². The topological polar surface area (TPSA) is 384 Å². The summed E-state index contributed by atoms with van der Waals surface area (Å²) in [5, 5.41) is 59.3. The number of hydrogen-bond acceptors (Lipinski definition) is 10. The van der Waals surface area contributed by atoms with Crippen molar-refractivity contribution in [2.24, 2.45) is 0 Å². The van der Waals surface area contributed by atoms with Crippen molar-refractivity contribution in [1.82, 2.24) is 0 Å². The largest absolute Gasteiger partial charge is 0.870 e. The standard InChI is InChI=1S/C22H20N2O6.2La.3H2NO3.3H2O/c25-21(26)13-23-11-3-1-5-17(23)15-29-19-7-9-20(10-8-19)30-16-18-6-2-4-12-24(18)14-22(27)28;;;3*2-1(3)4;;;/h1-12H,13-16H2;;;3*(H2,2,3,4);3*1H2/q;;;3*+1;;;/p+1. The second kappa shape index (κ2) is 31.9. The molecular formula is C22H33La2N5O18+4. The second-order valence-corrected chi connectivity index (χ2v) is 7.19. The van der Waals surface area contributed by atoms with E-state index in [2.05, 4.69) is 0 Å². The molecule has 47 heavy (non-hydrogen) atoms. The summed E-state index contributed by atoms with van der Waals surface area (Å²) in [6.45, 7) is -0.101. The average molecular weight is 933 g/mol. The van der Waals surface area contributed by atoms with Gasteiger partial charge in [-0.1, -0.05) is 0 Å². The number of rotatable bonds is 10. The first-order valence-electron chi connectivity index (χ1n) is 11.0. The van der Waals surface area contributed by atoms with Crippen LogP contribution in [0.25, 0.3) is 0 Å². The summed E-state index contributed by atoms with van der Waals surface area (Å²) < 4.78 is 14.6. The van der Waals surface area contributed by atoms with Gasteiger partial charge in [-0.2, -0.15) is 9.13 Å². The molecule has 2 heterocycles. The number of aliphatic carboxylic acids is 2. The zero-order valence-corrected chi connectivity index (χ0v) is 31.4. The molecule has 0 fully saturated rings. The van der Waals surface area contributed by atoms with Crippen LogP contribution in [0.2, 0.25) is 0 Å². The Balaban J connectivity index is -0.000000214. The number of ether oxygens (including phenoxy) is 2. The number of aromatic nitrogens is 2. The van der Waals surface area contributed by atoms with Crippen LogP contribution >= 0.6 is 0 Å². The fourth-order valence-electron chi connectivity index (χ4n) is 2.82. The minimum absolute atomic E-state index is 0. The van der Waals surface area contributed by atoms with Gasteiger partial charge in [0, 0.05) is 95.5 Å². The third kappa shape index (κ3) is 31.7. The minimum atomic E-state index is -1.25. The molecule has 2 radical (unpaired) electrons. The van der Waals surface area contributed by atoms with Crippen LogP contribution in [0.15, 0.2) is 73.1 Å². The van der Waals surface area contributed by atoms with Crippen molar-refractivity contribution in [3.63, 3.8) is 0 Å². The SMILES string of the molecule is O=C([O-])C[n+]1ccccc1COc1ccc(OCc2cccc[n+]2CC(=O)[O-])cc1.O=[N+](O)O.O=[N+](O)O.O=[N+](O)O.[La].[La].[OH-].[OH3+].[OH3+]. The molecular weight excluding hydrogens is 900 g/mol. The zero-order chi connectivity index (χ0) is 32.1. The van der Waals surface area contributed by atoms with Crippen molar-refractivity contribution in [1.29, 1.82) is 0 Å². The van der Waals surface area contributed by atoms with Gasteiger partial charge in [-0.05, 0) is 36.4 Å². The molecule has 25 heteroatoms. The Labute approximate surface area is 319 Å². The smallest absolute Gasteiger partial charge is 0.472 e. The number of carbonyl (C=O) groups is 2. The second-order valence-electron chi connectivity index (χ2n) is 7.19. The monoisotopic (exact) mass is 933 g/mol.